The first kappa shape index (κ1) is 11.9. The van der Waals surface area contributed by atoms with Gasteiger partial charge >= 0.3 is 6.09 Å². The minimum Gasteiger partial charge on any atom is -0.465 e. The largest absolute Gasteiger partial charge is 0.465 e. The van der Waals surface area contributed by atoms with Crippen molar-refractivity contribution < 1.29 is 14.6 Å². The third-order valence-electron chi connectivity index (χ3n) is 2.84. The van der Waals surface area contributed by atoms with Crippen LogP contribution in [0.15, 0.2) is 0 Å². The van der Waals surface area contributed by atoms with Crippen LogP contribution < -0.4 is 0 Å². The number of terminal acetylenes is 1. The van der Waals surface area contributed by atoms with Crippen molar-refractivity contribution in [1.29, 1.82) is 0 Å². The van der Waals surface area contributed by atoms with E-state index in [9.17, 15) is 4.79 Å². The van der Waals surface area contributed by atoms with Crippen LogP contribution in [0.2, 0.25) is 0 Å². The van der Waals surface area contributed by atoms with Crippen LogP contribution in [0.5, 0.6) is 0 Å². The van der Waals surface area contributed by atoms with Gasteiger partial charge in [0.2, 0.25) is 0 Å². The van der Waals surface area contributed by atoms with E-state index in [2.05, 4.69) is 5.92 Å². The zero-order valence-electron chi connectivity index (χ0n) is 9.41. The van der Waals surface area contributed by atoms with E-state index in [1.165, 1.54) is 4.90 Å². The van der Waals surface area contributed by atoms with Crippen molar-refractivity contribution >= 4 is 6.09 Å². The number of carbonyl (C=O) groups is 1. The lowest BCUT2D eigenvalue weighted by atomic mass is 9.76. The summed E-state index contributed by atoms with van der Waals surface area (Å²) < 4.78 is 5.62. The summed E-state index contributed by atoms with van der Waals surface area (Å²) in [5.74, 6) is 2.62. The molecule has 0 radical (unpaired) electrons. The first-order valence-corrected chi connectivity index (χ1v) is 4.92. The van der Waals surface area contributed by atoms with Crippen LogP contribution >= 0.6 is 0 Å². The number of rotatable bonds is 0. The zero-order chi connectivity index (χ0) is 11.7. The summed E-state index contributed by atoms with van der Waals surface area (Å²) in [5.41, 5.74) is -1.10. The summed E-state index contributed by atoms with van der Waals surface area (Å²) in [6.45, 7) is 6.85. The Balaban J connectivity index is 2.93. The van der Waals surface area contributed by atoms with E-state index in [0.717, 1.165) is 0 Å². The maximum Gasteiger partial charge on any atom is 0.407 e. The molecule has 0 aliphatic carbocycles. The standard InChI is InChI=1S/C11H17NO3/c1-5-11(10(2,3)4)8-12(9(13)14)6-7-15-11/h1H,6-8H2,2-4H3,(H,13,14). The predicted molar refractivity (Wildman–Crippen MR) is 56.6 cm³/mol. The molecule has 4 heteroatoms. The molecular weight excluding hydrogens is 194 g/mol. The van der Waals surface area contributed by atoms with Crippen LogP contribution in [0.4, 0.5) is 4.79 Å². The maximum absolute atomic E-state index is 10.9. The molecule has 1 heterocycles. The fourth-order valence-corrected chi connectivity index (χ4v) is 1.64. The minimum absolute atomic E-state index is 0.238. The second-order valence-corrected chi connectivity index (χ2v) is 4.77. The number of nitrogens with zero attached hydrogens (tertiary/aromatic N) is 1. The van der Waals surface area contributed by atoms with Crippen molar-refractivity contribution in [3.05, 3.63) is 0 Å². The highest BCUT2D eigenvalue weighted by atomic mass is 16.5. The lowest BCUT2D eigenvalue weighted by Crippen LogP contribution is -2.58. The molecule has 1 atom stereocenters. The fourth-order valence-electron chi connectivity index (χ4n) is 1.64. The lowest BCUT2D eigenvalue weighted by molar-refractivity contribution is -0.120. The Hall–Kier alpha value is -1.21. The van der Waals surface area contributed by atoms with E-state index in [1.807, 2.05) is 20.8 Å². The summed E-state index contributed by atoms with van der Waals surface area (Å²) in [4.78, 5) is 12.2. The van der Waals surface area contributed by atoms with Gasteiger partial charge in [0.1, 0.15) is 0 Å². The third-order valence-corrected chi connectivity index (χ3v) is 2.84. The molecule has 1 rings (SSSR count). The Bertz CT molecular complexity index is 300. The smallest absolute Gasteiger partial charge is 0.407 e. The summed E-state index contributed by atoms with van der Waals surface area (Å²) in [6.07, 6.45) is 4.55. The highest BCUT2D eigenvalue weighted by Crippen LogP contribution is 2.36. The third kappa shape index (κ3) is 2.07. The summed E-state index contributed by atoms with van der Waals surface area (Å²) in [5, 5.41) is 8.93. The van der Waals surface area contributed by atoms with E-state index < -0.39 is 11.7 Å². The van der Waals surface area contributed by atoms with Gasteiger partial charge in [-0.3, -0.25) is 0 Å². The van der Waals surface area contributed by atoms with Gasteiger partial charge in [0.25, 0.3) is 0 Å². The van der Waals surface area contributed by atoms with Gasteiger partial charge in [0.15, 0.2) is 5.60 Å². The number of amides is 1. The number of morpholine rings is 1. The van der Waals surface area contributed by atoms with Gasteiger partial charge in [-0.15, -0.1) is 6.42 Å². The Labute approximate surface area is 90.2 Å². The van der Waals surface area contributed by atoms with E-state index in [-0.39, 0.29) is 12.0 Å². The summed E-state index contributed by atoms with van der Waals surface area (Å²) in [7, 11) is 0. The highest BCUT2D eigenvalue weighted by Gasteiger charge is 2.46. The summed E-state index contributed by atoms with van der Waals surface area (Å²) >= 11 is 0. The van der Waals surface area contributed by atoms with Crippen molar-refractivity contribution in [2.45, 2.75) is 26.4 Å². The van der Waals surface area contributed by atoms with Gasteiger partial charge in [-0.25, -0.2) is 4.79 Å². The Kier molecular flexibility index (Phi) is 2.96. The lowest BCUT2D eigenvalue weighted by Gasteiger charge is -2.46. The number of hydrogen-bond donors (Lipinski definition) is 1. The molecule has 4 nitrogen and oxygen atoms in total. The molecule has 84 valence electrons. The molecule has 0 aromatic heterocycles. The molecule has 1 unspecified atom stereocenters. The number of ether oxygens (including phenoxy) is 1. The SMILES string of the molecule is C#CC1(C(C)(C)C)CN(C(=O)O)CCO1. The molecule has 0 bridgehead atoms. The van der Waals surface area contributed by atoms with Gasteiger partial charge in [-0.1, -0.05) is 26.7 Å². The first-order chi connectivity index (χ1) is 6.82. The van der Waals surface area contributed by atoms with Crippen LogP contribution in [0.3, 0.4) is 0 Å². The summed E-state index contributed by atoms with van der Waals surface area (Å²) in [6, 6.07) is 0. The van der Waals surface area contributed by atoms with E-state index in [0.29, 0.717) is 13.2 Å². The van der Waals surface area contributed by atoms with Gasteiger partial charge in [0, 0.05) is 12.0 Å². The molecule has 1 aliphatic heterocycles. The van der Waals surface area contributed by atoms with Gasteiger partial charge in [-0.05, 0) is 0 Å². The predicted octanol–water partition coefficient (Wildman–Crippen LogP) is 1.41. The second-order valence-electron chi connectivity index (χ2n) is 4.77. The van der Waals surface area contributed by atoms with Gasteiger partial charge < -0.3 is 14.7 Å². The molecular formula is C11H17NO3. The van der Waals surface area contributed by atoms with Crippen LogP contribution in [0.25, 0.3) is 0 Å². The highest BCUT2D eigenvalue weighted by molar-refractivity contribution is 5.65. The molecule has 1 fully saturated rings. The first-order valence-electron chi connectivity index (χ1n) is 4.92. The Morgan fingerprint density at radius 1 is 1.60 bits per heavy atom. The van der Waals surface area contributed by atoms with Crippen LogP contribution in [0, 0.1) is 17.8 Å². The molecule has 15 heavy (non-hydrogen) atoms. The maximum atomic E-state index is 10.9. The molecule has 0 spiro atoms. The van der Waals surface area contributed by atoms with E-state index in [1.54, 1.807) is 0 Å². The van der Waals surface area contributed by atoms with Gasteiger partial charge in [-0.2, -0.15) is 0 Å². The monoisotopic (exact) mass is 211 g/mol. The molecule has 0 aromatic rings. The molecule has 1 amide bonds. The molecule has 1 aliphatic rings. The van der Waals surface area contributed by atoms with Gasteiger partial charge in [0.05, 0.1) is 13.2 Å². The Morgan fingerprint density at radius 3 is 2.60 bits per heavy atom. The van der Waals surface area contributed by atoms with Crippen molar-refractivity contribution in [1.82, 2.24) is 4.90 Å². The zero-order valence-corrected chi connectivity index (χ0v) is 9.41. The van der Waals surface area contributed by atoms with Crippen molar-refractivity contribution in [2.24, 2.45) is 5.41 Å². The van der Waals surface area contributed by atoms with Crippen molar-refractivity contribution in [3.8, 4) is 12.3 Å². The van der Waals surface area contributed by atoms with Crippen molar-refractivity contribution in [2.75, 3.05) is 19.7 Å². The molecule has 0 saturated carbocycles. The average molecular weight is 211 g/mol. The quantitative estimate of drug-likeness (QED) is 0.616. The molecule has 0 aromatic carbocycles. The molecule has 1 N–H and O–H groups in total. The minimum atomic E-state index is -0.942. The van der Waals surface area contributed by atoms with Crippen LogP contribution in [-0.4, -0.2) is 41.4 Å². The topological polar surface area (TPSA) is 49.8 Å². The second kappa shape index (κ2) is 3.74. The fraction of sp³-hybridized carbons (Fsp3) is 0.727. The van der Waals surface area contributed by atoms with E-state index >= 15 is 0 Å². The Morgan fingerprint density at radius 2 is 2.20 bits per heavy atom. The van der Waals surface area contributed by atoms with E-state index in [4.69, 9.17) is 16.3 Å². The van der Waals surface area contributed by atoms with Crippen LogP contribution in [-0.2, 0) is 4.74 Å². The number of carboxylic acid groups (broad SMARTS) is 1. The van der Waals surface area contributed by atoms with Crippen LogP contribution in [0.1, 0.15) is 20.8 Å². The van der Waals surface area contributed by atoms with Crippen molar-refractivity contribution in [3.63, 3.8) is 0 Å². The molecule has 1 saturated heterocycles. The normalized spacial score (nSPS) is 27.2. The average Bonchev–Trinajstić information content (AvgIpc) is 2.16. The number of hydrogen-bond acceptors (Lipinski definition) is 2.